The Morgan fingerprint density at radius 3 is 2.90 bits per heavy atom. The summed E-state index contributed by atoms with van der Waals surface area (Å²) < 4.78 is 0. The minimum atomic E-state index is -0.930. The number of thiophene rings is 1. The molecule has 0 radical (unpaired) electrons. The molecule has 0 bridgehead atoms. The van der Waals surface area contributed by atoms with E-state index in [-0.39, 0.29) is 5.69 Å². The minimum Gasteiger partial charge on any atom is -0.479 e. The number of carbonyl (C=O) groups excluding carboxylic acids is 1. The van der Waals surface area contributed by atoms with Gasteiger partial charge in [0.2, 0.25) is 0 Å². The average Bonchev–Trinajstić information content (AvgIpc) is 2.94. The first kappa shape index (κ1) is 13.6. The maximum atomic E-state index is 11.7. The molecule has 7 heteroatoms. The number of amides is 1. The normalized spacial score (nSPS) is 17.3. The van der Waals surface area contributed by atoms with Crippen LogP contribution < -0.4 is 10.6 Å². The Bertz CT molecular complexity index is 713. The van der Waals surface area contributed by atoms with E-state index < -0.39 is 17.9 Å². The van der Waals surface area contributed by atoms with Crippen molar-refractivity contribution in [3.63, 3.8) is 0 Å². The molecule has 1 unspecified atom stereocenters. The first-order chi connectivity index (χ1) is 10.1. The van der Waals surface area contributed by atoms with Crippen LogP contribution in [0.5, 0.6) is 0 Å². The highest BCUT2D eigenvalue weighted by atomic mass is 32.1. The van der Waals surface area contributed by atoms with Gasteiger partial charge in [0.05, 0.1) is 0 Å². The number of aromatic nitrogens is 1. The highest BCUT2D eigenvalue weighted by Crippen LogP contribution is 2.35. The lowest BCUT2D eigenvalue weighted by atomic mass is 10.00. The van der Waals surface area contributed by atoms with Gasteiger partial charge in [-0.25, -0.2) is 9.78 Å². The molecule has 2 aromatic rings. The van der Waals surface area contributed by atoms with Crippen molar-refractivity contribution in [1.82, 2.24) is 4.98 Å². The first-order valence-corrected chi connectivity index (χ1v) is 7.28. The highest BCUT2D eigenvalue weighted by molar-refractivity contribution is 7.10. The van der Waals surface area contributed by atoms with Gasteiger partial charge in [-0.05, 0) is 35.6 Å². The number of carboxylic acid groups (broad SMARTS) is 1. The van der Waals surface area contributed by atoms with E-state index in [1.165, 1.54) is 6.07 Å². The van der Waals surface area contributed by atoms with Crippen LogP contribution in [0, 0.1) is 0 Å². The lowest BCUT2D eigenvalue weighted by molar-refractivity contribution is -0.138. The molecule has 0 saturated heterocycles. The minimum absolute atomic E-state index is 0.132. The largest absolute Gasteiger partial charge is 0.479 e. The molecule has 0 spiro atoms. The molecule has 0 aliphatic carbocycles. The second-order valence-electron chi connectivity index (χ2n) is 4.73. The summed E-state index contributed by atoms with van der Waals surface area (Å²) in [5.41, 5.74) is 6.16. The van der Waals surface area contributed by atoms with E-state index in [1.54, 1.807) is 28.4 Å². The Labute approximate surface area is 124 Å². The number of carbonyl (C=O) groups is 2. The van der Waals surface area contributed by atoms with E-state index in [4.69, 9.17) is 5.73 Å². The summed E-state index contributed by atoms with van der Waals surface area (Å²) in [4.78, 5) is 29.9. The van der Waals surface area contributed by atoms with E-state index in [0.717, 1.165) is 16.9 Å². The maximum absolute atomic E-state index is 11.7. The lowest BCUT2D eigenvalue weighted by Gasteiger charge is -2.34. The Balaban J connectivity index is 2.04. The average molecular weight is 303 g/mol. The van der Waals surface area contributed by atoms with Crippen LogP contribution in [0.25, 0.3) is 0 Å². The van der Waals surface area contributed by atoms with Gasteiger partial charge in [0.25, 0.3) is 5.91 Å². The summed E-state index contributed by atoms with van der Waals surface area (Å²) in [6, 6.07) is 5.92. The van der Waals surface area contributed by atoms with Gasteiger partial charge < -0.3 is 15.7 Å². The fourth-order valence-electron chi connectivity index (χ4n) is 2.55. The SMILES string of the molecule is NC(=O)c1cccc(N2CCc3sccc3C2C(=O)O)n1. The van der Waals surface area contributed by atoms with E-state index in [0.29, 0.717) is 12.4 Å². The summed E-state index contributed by atoms with van der Waals surface area (Å²) in [7, 11) is 0. The first-order valence-electron chi connectivity index (χ1n) is 6.40. The third kappa shape index (κ3) is 2.36. The van der Waals surface area contributed by atoms with Crippen molar-refractivity contribution in [1.29, 1.82) is 0 Å². The van der Waals surface area contributed by atoms with Crippen LogP contribution in [0.15, 0.2) is 29.6 Å². The quantitative estimate of drug-likeness (QED) is 0.894. The second-order valence-corrected chi connectivity index (χ2v) is 5.73. The summed E-state index contributed by atoms with van der Waals surface area (Å²) >= 11 is 1.57. The number of nitrogens with zero attached hydrogens (tertiary/aromatic N) is 2. The summed E-state index contributed by atoms with van der Waals surface area (Å²) in [6.45, 7) is 0.541. The Morgan fingerprint density at radius 2 is 2.19 bits per heavy atom. The van der Waals surface area contributed by atoms with E-state index in [1.807, 2.05) is 11.4 Å². The number of pyridine rings is 1. The Hall–Kier alpha value is -2.41. The number of hydrogen-bond acceptors (Lipinski definition) is 5. The van der Waals surface area contributed by atoms with Gasteiger partial charge in [0.1, 0.15) is 11.5 Å². The molecule has 3 N–H and O–H groups in total. The van der Waals surface area contributed by atoms with Crippen LogP contribution in [0.3, 0.4) is 0 Å². The van der Waals surface area contributed by atoms with Gasteiger partial charge in [-0.15, -0.1) is 11.3 Å². The molecule has 0 aromatic carbocycles. The maximum Gasteiger partial charge on any atom is 0.331 e. The van der Waals surface area contributed by atoms with Gasteiger partial charge >= 0.3 is 5.97 Å². The van der Waals surface area contributed by atoms with Crippen molar-refractivity contribution in [3.8, 4) is 0 Å². The number of nitrogens with two attached hydrogens (primary N) is 1. The smallest absolute Gasteiger partial charge is 0.331 e. The van der Waals surface area contributed by atoms with E-state index in [9.17, 15) is 14.7 Å². The molecule has 2 aromatic heterocycles. The van der Waals surface area contributed by atoms with Crippen LogP contribution in [0.2, 0.25) is 0 Å². The molecule has 3 rings (SSSR count). The number of carboxylic acids is 1. The summed E-state index contributed by atoms with van der Waals surface area (Å²) in [5.74, 6) is -1.10. The zero-order valence-corrected chi connectivity index (χ0v) is 11.8. The molecule has 1 aliphatic heterocycles. The van der Waals surface area contributed by atoms with Crippen molar-refractivity contribution in [2.24, 2.45) is 5.73 Å². The topological polar surface area (TPSA) is 96.5 Å². The van der Waals surface area contributed by atoms with Gasteiger partial charge in [-0.2, -0.15) is 0 Å². The molecule has 1 aliphatic rings. The lowest BCUT2D eigenvalue weighted by Crippen LogP contribution is -2.39. The van der Waals surface area contributed by atoms with E-state index >= 15 is 0 Å². The van der Waals surface area contributed by atoms with Crippen LogP contribution >= 0.6 is 11.3 Å². The molecule has 108 valence electrons. The van der Waals surface area contributed by atoms with Crippen molar-refractivity contribution < 1.29 is 14.7 Å². The molecular weight excluding hydrogens is 290 g/mol. The zero-order valence-electron chi connectivity index (χ0n) is 11.0. The fraction of sp³-hybridized carbons (Fsp3) is 0.214. The van der Waals surface area contributed by atoms with Crippen LogP contribution in [-0.4, -0.2) is 28.5 Å². The number of fused-ring (bicyclic) bond motifs is 1. The molecule has 21 heavy (non-hydrogen) atoms. The zero-order chi connectivity index (χ0) is 15.0. The molecule has 0 fully saturated rings. The van der Waals surface area contributed by atoms with Crippen LogP contribution in [-0.2, 0) is 11.2 Å². The molecule has 1 amide bonds. The molecule has 3 heterocycles. The van der Waals surface area contributed by atoms with Gasteiger partial charge in [-0.3, -0.25) is 4.79 Å². The fourth-order valence-corrected chi connectivity index (χ4v) is 3.45. The molecular formula is C14H13N3O3S. The summed E-state index contributed by atoms with van der Waals surface area (Å²) in [5, 5.41) is 11.5. The van der Waals surface area contributed by atoms with Gasteiger partial charge in [0.15, 0.2) is 6.04 Å². The van der Waals surface area contributed by atoms with Crippen molar-refractivity contribution in [2.45, 2.75) is 12.5 Å². The van der Waals surface area contributed by atoms with Gasteiger partial charge in [-0.1, -0.05) is 6.07 Å². The van der Waals surface area contributed by atoms with Crippen molar-refractivity contribution in [3.05, 3.63) is 45.8 Å². The standard InChI is InChI=1S/C14H13N3O3S/c15-13(18)9-2-1-3-11(16-9)17-6-4-10-8(5-7-21-10)12(17)14(19)20/h1-3,5,7,12H,4,6H2,(H2,15,18)(H,19,20). The predicted octanol–water partition coefficient (Wildman–Crippen LogP) is 1.43. The molecule has 0 saturated carbocycles. The number of rotatable bonds is 3. The molecule has 6 nitrogen and oxygen atoms in total. The Kier molecular flexibility index (Phi) is 3.34. The highest BCUT2D eigenvalue weighted by Gasteiger charge is 2.34. The monoisotopic (exact) mass is 303 g/mol. The predicted molar refractivity (Wildman–Crippen MR) is 78.5 cm³/mol. The Morgan fingerprint density at radius 1 is 1.38 bits per heavy atom. The van der Waals surface area contributed by atoms with E-state index in [2.05, 4.69) is 4.98 Å². The molecule has 1 atom stereocenters. The van der Waals surface area contributed by atoms with Crippen LogP contribution in [0.4, 0.5) is 5.82 Å². The summed E-state index contributed by atoms with van der Waals surface area (Å²) in [6.07, 6.45) is 0.763. The number of anilines is 1. The third-order valence-corrected chi connectivity index (χ3v) is 4.48. The van der Waals surface area contributed by atoms with Crippen LogP contribution in [0.1, 0.15) is 27.0 Å². The number of primary amides is 1. The van der Waals surface area contributed by atoms with Gasteiger partial charge in [0, 0.05) is 11.4 Å². The van der Waals surface area contributed by atoms with Crippen molar-refractivity contribution in [2.75, 3.05) is 11.4 Å². The van der Waals surface area contributed by atoms with Crippen molar-refractivity contribution >= 4 is 29.0 Å². The number of hydrogen-bond donors (Lipinski definition) is 2. The second kappa shape index (κ2) is 5.17. The third-order valence-electron chi connectivity index (χ3n) is 3.48. The number of aliphatic carboxylic acids is 1.